The summed E-state index contributed by atoms with van der Waals surface area (Å²) in [5.74, 6) is -1.37. The van der Waals surface area contributed by atoms with E-state index in [-0.39, 0.29) is 29.3 Å². The highest BCUT2D eigenvalue weighted by Crippen LogP contribution is 2.21. The lowest BCUT2D eigenvalue weighted by Crippen LogP contribution is -2.21. The lowest BCUT2D eigenvalue weighted by Gasteiger charge is -2.14. The van der Waals surface area contributed by atoms with E-state index in [2.05, 4.69) is 6.58 Å². The van der Waals surface area contributed by atoms with Crippen LogP contribution in [0.5, 0.6) is 0 Å². The summed E-state index contributed by atoms with van der Waals surface area (Å²) < 4.78 is 0. The van der Waals surface area contributed by atoms with Gasteiger partial charge in [-0.25, -0.2) is 0 Å². The minimum Gasteiger partial charge on any atom is -0.299 e. The number of Topliss-reactive ketones (excluding diaryl/α,β-unsaturated/α-hetero) is 3. The first-order valence-electron chi connectivity index (χ1n) is 7.12. The molecule has 2 aromatic rings. The van der Waals surface area contributed by atoms with Crippen LogP contribution in [0.1, 0.15) is 30.6 Å². The average Bonchev–Trinajstić information content (AvgIpc) is 2.50. The maximum absolute atomic E-state index is 12.4. The molecule has 0 spiro atoms. The van der Waals surface area contributed by atoms with Crippen molar-refractivity contribution in [1.82, 2.24) is 0 Å². The number of allylic oxidation sites excluding steroid dienone is 1. The van der Waals surface area contributed by atoms with Gasteiger partial charge in [0, 0.05) is 12.0 Å². The van der Waals surface area contributed by atoms with Crippen LogP contribution in [0.25, 0.3) is 10.8 Å². The Hall–Kier alpha value is -2.55. The van der Waals surface area contributed by atoms with Crippen molar-refractivity contribution in [2.45, 2.75) is 20.3 Å². The molecule has 22 heavy (non-hydrogen) atoms. The third-order valence-corrected chi connectivity index (χ3v) is 3.82. The fraction of sp³-hybridized carbons (Fsp3) is 0.211. The Kier molecular flexibility index (Phi) is 4.66. The van der Waals surface area contributed by atoms with Gasteiger partial charge in [0.25, 0.3) is 0 Å². The van der Waals surface area contributed by atoms with Crippen molar-refractivity contribution in [2.24, 2.45) is 5.92 Å². The third-order valence-electron chi connectivity index (χ3n) is 3.82. The first-order valence-corrected chi connectivity index (χ1v) is 7.12. The number of benzene rings is 2. The van der Waals surface area contributed by atoms with Crippen molar-refractivity contribution in [3.63, 3.8) is 0 Å². The first-order chi connectivity index (χ1) is 10.4. The van der Waals surface area contributed by atoms with E-state index >= 15 is 0 Å². The van der Waals surface area contributed by atoms with Gasteiger partial charge in [-0.3, -0.25) is 14.4 Å². The molecule has 2 aromatic carbocycles. The van der Waals surface area contributed by atoms with Gasteiger partial charge in [0.1, 0.15) is 5.78 Å². The predicted molar refractivity (Wildman–Crippen MR) is 86.9 cm³/mol. The average molecular weight is 294 g/mol. The lowest BCUT2D eigenvalue weighted by atomic mass is 9.87. The molecule has 0 fully saturated rings. The molecule has 0 aliphatic rings. The molecule has 0 heterocycles. The molecule has 0 saturated carbocycles. The number of fused-ring (bicyclic) bond motifs is 1. The normalized spacial score (nSPS) is 11.9. The molecule has 112 valence electrons. The van der Waals surface area contributed by atoms with E-state index in [0.717, 1.165) is 10.8 Å². The second-order valence-corrected chi connectivity index (χ2v) is 5.43. The summed E-state index contributed by atoms with van der Waals surface area (Å²) in [5, 5.41) is 2.02. The summed E-state index contributed by atoms with van der Waals surface area (Å²) in [6.45, 7) is 6.39. The van der Waals surface area contributed by atoms with E-state index in [1.807, 2.05) is 36.4 Å². The molecule has 0 aliphatic carbocycles. The third kappa shape index (κ3) is 3.37. The number of rotatable bonds is 6. The van der Waals surface area contributed by atoms with Crippen molar-refractivity contribution < 1.29 is 14.4 Å². The Morgan fingerprint density at radius 3 is 2.23 bits per heavy atom. The van der Waals surface area contributed by atoms with Crippen molar-refractivity contribution in [1.29, 1.82) is 0 Å². The molecule has 0 aromatic heterocycles. The summed E-state index contributed by atoms with van der Waals surface area (Å²) in [4.78, 5) is 35.5. The van der Waals surface area contributed by atoms with E-state index in [4.69, 9.17) is 0 Å². The molecular formula is C19H18O3. The van der Waals surface area contributed by atoms with Crippen LogP contribution in [0.15, 0.2) is 54.6 Å². The number of carbonyl (C=O) groups excluding carboxylic acids is 3. The molecule has 0 bridgehead atoms. The Balaban J connectivity index is 2.27. The van der Waals surface area contributed by atoms with Gasteiger partial charge in [-0.05, 0) is 36.3 Å². The summed E-state index contributed by atoms with van der Waals surface area (Å²) in [6, 6.07) is 13.2. The van der Waals surface area contributed by atoms with Gasteiger partial charge in [-0.15, -0.1) is 0 Å². The molecule has 0 N–H and O–H groups in total. The molecule has 0 saturated heterocycles. The highest BCUT2D eigenvalue weighted by Gasteiger charge is 2.24. The van der Waals surface area contributed by atoms with Crippen LogP contribution in [-0.4, -0.2) is 17.3 Å². The zero-order valence-corrected chi connectivity index (χ0v) is 12.8. The first kappa shape index (κ1) is 15.8. The van der Waals surface area contributed by atoms with Crippen molar-refractivity contribution in [3.8, 4) is 0 Å². The Morgan fingerprint density at radius 1 is 1.00 bits per heavy atom. The molecular weight excluding hydrogens is 276 g/mol. The smallest absolute Gasteiger partial charge is 0.163 e. The molecule has 0 unspecified atom stereocenters. The highest BCUT2D eigenvalue weighted by atomic mass is 16.1. The summed E-state index contributed by atoms with van der Waals surface area (Å²) in [5.41, 5.74) is 0.739. The molecule has 1 atom stereocenters. The van der Waals surface area contributed by atoms with Gasteiger partial charge in [0.15, 0.2) is 11.6 Å². The SMILES string of the molecule is C=C(C(C)=O)[C@@H](CC(=O)c1ccc2ccccc2c1)C(C)=O. The minimum atomic E-state index is -0.739. The van der Waals surface area contributed by atoms with Crippen LogP contribution in [-0.2, 0) is 9.59 Å². The van der Waals surface area contributed by atoms with Crippen LogP contribution in [0.4, 0.5) is 0 Å². The lowest BCUT2D eigenvalue weighted by molar-refractivity contribution is -0.122. The van der Waals surface area contributed by atoms with Crippen LogP contribution in [0.3, 0.4) is 0 Å². The van der Waals surface area contributed by atoms with E-state index in [0.29, 0.717) is 5.56 Å². The van der Waals surface area contributed by atoms with Gasteiger partial charge in [0.05, 0.1) is 5.92 Å². The zero-order chi connectivity index (χ0) is 16.3. The van der Waals surface area contributed by atoms with Gasteiger partial charge in [-0.2, -0.15) is 0 Å². The molecule has 3 nitrogen and oxygen atoms in total. The molecule has 3 heteroatoms. The summed E-state index contributed by atoms with van der Waals surface area (Å²) >= 11 is 0. The van der Waals surface area contributed by atoms with E-state index in [1.54, 1.807) is 6.07 Å². The number of hydrogen-bond acceptors (Lipinski definition) is 3. The largest absolute Gasteiger partial charge is 0.299 e. The topological polar surface area (TPSA) is 51.2 Å². The van der Waals surface area contributed by atoms with Gasteiger partial charge < -0.3 is 0 Å². The van der Waals surface area contributed by atoms with Crippen LogP contribution in [0, 0.1) is 5.92 Å². The van der Waals surface area contributed by atoms with E-state index in [9.17, 15) is 14.4 Å². The second kappa shape index (κ2) is 6.48. The predicted octanol–water partition coefficient (Wildman–Crippen LogP) is 3.76. The highest BCUT2D eigenvalue weighted by molar-refractivity contribution is 6.05. The monoisotopic (exact) mass is 294 g/mol. The van der Waals surface area contributed by atoms with Crippen molar-refractivity contribution >= 4 is 28.1 Å². The quantitative estimate of drug-likeness (QED) is 0.602. The van der Waals surface area contributed by atoms with Crippen molar-refractivity contribution in [2.75, 3.05) is 0 Å². The fourth-order valence-corrected chi connectivity index (χ4v) is 2.42. The van der Waals surface area contributed by atoms with Crippen LogP contribution >= 0.6 is 0 Å². The summed E-state index contributed by atoms with van der Waals surface area (Å²) in [6.07, 6.45) is -0.0217. The molecule has 0 aliphatic heterocycles. The number of ketones is 3. The maximum Gasteiger partial charge on any atom is 0.163 e. The second-order valence-electron chi connectivity index (χ2n) is 5.43. The number of hydrogen-bond donors (Lipinski definition) is 0. The Morgan fingerprint density at radius 2 is 1.64 bits per heavy atom. The van der Waals surface area contributed by atoms with Gasteiger partial charge >= 0.3 is 0 Å². The Bertz CT molecular complexity index is 771. The number of carbonyl (C=O) groups is 3. The minimum absolute atomic E-state index is 0.0217. The summed E-state index contributed by atoms with van der Waals surface area (Å²) in [7, 11) is 0. The van der Waals surface area contributed by atoms with Gasteiger partial charge in [-0.1, -0.05) is 43.0 Å². The van der Waals surface area contributed by atoms with Crippen LogP contribution in [0.2, 0.25) is 0 Å². The van der Waals surface area contributed by atoms with Crippen LogP contribution < -0.4 is 0 Å². The molecule has 0 amide bonds. The standard InChI is InChI=1S/C19H18O3/c1-12(13(2)20)18(14(3)21)11-19(22)17-9-8-15-6-4-5-7-16(15)10-17/h4-10,18H,1,11H2,2-3H3/t18-/m1/s1. The Labute approximate surface area is 129 Å². The molecule has 0 radical (unpaired) electrons. The maximum atomic E-state index is 12.4. The molecule has 2 rings (SSSR count). The van der Waals surface area contributed by atoms with Gasteiger partial charge in [0.2, 0.25) is 0 Å². The fourth-order valence-electron chi connectivity index (χ4n) is 2.42. The van der Waals surface area contributed by atoms with E-state index in [1.165, 1.54) is 13.8 Å². The van der Waals surface area contributed by atoms with Crippen molar-refractivity contribution in [3.05, 3.63) is 60.2 Å². The zero-order valence-electron chi connectivity index (χ0n) is 12.8. The van der Waals surface area contributed by atoms with E-state index < -0.39 is 5.92 Å².